The van der Waals surface area contributed by atoms with Crippen molar-refractivity contribution < 1.29 is 18.4 Å². The lowest BCUT2D eigenvalue weighted by molar-refractivity contribution is -0.116. The molecule has 4 rings (SSSR count). The number of hydrogen-bond donors (Lipinski definition) is 1. The fourth-order valence-corrected chi connectivity index (χ4v) is 3.97. The van der Waals surface area contributed by atoms with Crippen molar-refractivity contribution in [1.29, 1.82) is 0 Å². The number of allylic oxidation sites excluding steroid dienone is 1. The second kappa shape index (κ2) is 9.49. The number of carbonyl (C=O) groups excluding carboxylic acids is 1. The van der Waals surface area contributed by atoms with Crippen molar-refractivity contribution in [1.82, 2.24) is 5.32 Å². The largest absolute Gasteiger partial charge is 0.493 e. The van der Waals surface area contributed by atoms with Crippen LogP contribution in [0, 0.1) is 6.92 Å². The Hall–Kier alpha value is -3.25. The van der Waals surface area contributed by atoms with Crippen LogP contribution in [0.25, 0.3) is 27.7 Å². The van der Waals surface area contributed by atoms with E-state index in [9.17, 15) is 4.79 Å². The Morgan fingerprint density at radius 1 is 1.19 bits per heavy atom. The molecule has 0 aliphatic carbocycles. The molecule has 2 heterocycles. The minimum Gasteiger partial charge on any atom is -0.493 e. The van der Waals surface area contributed by atoms with Crippen LogP contribution in [-0.4, -0.2) is 12.5 Å². The normalized spacial score (nSPS) is 11.7. The van der Waals surface area contributed by atoms with E-state index in [2.05, 4.69) is 21.2 Å². The lowest BCUT2D eigenvalue weighted by Gasteiger charge is -2.15. The highest BCUT2D eigenvalue weighted by molar-refractivity contribution is 9.10. The molecule has 164 valence electrons. The summed E-state index contributed by atoms with van der Waals surface area (Å²) in [5.41, 5.74) is 5.41. The maximum absolute atomic E-state index is 12.5. The molecule has 0 fully saturated rings. The number of fused-ring (bicyclic) bond motifs is 1. The van der Waals surface area contributed by atoms with E-state index in [-0.39, 0.29) is 5.91 Å². The quantitative estimate of drug-likeness (QED) is 0.285. The Kier molecular flexibility index (Phi) is 6.51. The maximum atomic E-state index is 12.5. The number of nitrogens with one attached hydrogen (secondary N) is 1. The minimum absolute atomic E-state index is 0.195. The Morgan fingerprint density at radius 2 is 1.97 bits per heavy atom. The van der Waals surface area contributed by atoms with Crippen molar-refractivity contribution in [2.45, 2.75) is 27.3 Å². The number of aryl methyl sites for hydroxylation is 1. The molecule has 2 aromatic heterocycles. The van der Waals surface area contributed by atoms with E-state index in [4.69, 9.17) is 13.6 Å². The van der Waals surface area contributed by atoms with Crippen LogP contribution >= 0.6 is 15.9 Å². The first-order valence-corrected chi connectivity index (χ1v) is 11.2. The topological polar surface area (TPSA) is 64.6 Å². The van der Waals surface area contributed by atoms with Gasteiger partial charge in [-0.1, -0.05) is 28.1 Å². The van der Waals surface area contributed by atoms with E-state index < -0.39 is 0 Å². The van der Waals surface area contributed by atoms with Crippen LogP contribution in [0.5, 0.6) is 5.75 Å². The van der Waals surface area contributed by atoms with Gasteiger partial charge < -0.3 is 18.9 Å². The summed E-state index contributed by atoms with van der Waals surface area (Å²) in [5.74, 6) is 1.23. The summed E-state index contributed by atoms with van der Waals surface area (Å²) in [5, 5.41) is 3.83. The molecule has 0 saturated carbocycles. The number of benzene rings is 2. The van der Waals surface area contributed by atoms with E-state index in [1.54, 1.807) is 24.7 Å². The molecule has 0 aliphatic heterocycles. The third kappa shape index (κ3) is 4.50. The molecule has 2 aromatic carbocycles. The van der Waals surface area contributed by atoms with Crippen LogP contribution in [0.4, 0.5) is 0 Å². The zero-order valence-corrected chi connectivity index (χ0v) is 19.8. The van der Waals surface area contributed by atoms with Gasteiger partial charge in [0.15, 0.2) is 0 Å². The summed E-state index contributed by atoms with van der Waals surface area (Å²) < 4.78 is 18.2. The summed E-state index contributed by atoms with van der Waals surface area (Å²) in [6.07, 6.45) is 4.95. The van der Waals surface area contributed by atoms with Crippen molar-refractivity contribution in [3.05, 3.63) is 82.4 Å². The zero-order valence-electron chi connectivity index (χ0n) is 18.2. The van der Waals surface area contributed by atoms with Gasteiger partial charge in [0.1, 0.15) is 17.1 Å². The van der Waals surface area contributed by atoms with Gasteiger partial charge in [-0.3, -0.25) is 4.79 Å². The molecule has 5 nitrogen and oxygen atoms in total. The number of furan rings is 2. The molecule has 6 heteroatoms. The fourth-order valence-electron chi connectivity index (χ4n) is 3.70. The molecular weight excluding hydrogens is 470 g/mol. The van der Waals surface area contributed by atoms with Crippen molar-refractivity contribution >= 4 is 38.4 Å². The van der Waals surface area contributed by atoms with E-state index in [1.807, 2.05) is 57.2 Å². The molecule has 0 atom stereocenters. The van der Waals surface area contributed by atoms with Crippen molar-refractivity contribution in [2.24, 2.45) is 0 Å². The molecule has 0 radical (unpaired) electrons. The van der Waals surface area contributed by atoms with E-state index >= 15 is 0 Å². The standard InChI is InChI=1S/C26H24BrNO4/c1-4-30-25-17(3)26-22(23(15-32-26)18-7-9-19(27)10-8-18)13-21(25)16(2)12-24(29)28-14-20-6-5-11-31-20/h5-13,15H,4,14H2,1-3H3,(H,28,29)/b16-12+. The third-order valence-corrected chi connectivity index (χ3v) is 5.81. The third-order valence-electron chi connectivity index (χ3n) is 5.28. The Balaban J connectivity index is 1.74. The summed E-state index contributed by atoms with van der Waals surface area (Å²) in [4.78, 5) is 12.5. The first kappa shape index (κ1) is 22.0. The molecule has 1 N–H and O–H groups in total. The minimum atomic E-state index is -0.195. The van der Waals surface area contributed by atoms with E-state index in [0.717, 1.165) is 49.0 Å². The first-order chi connectivity index (χ1) is 15.5. The lowest BCUT2D eigenvalue weighted by atomic mass is 9.96. The number of rotatable bonds is 7. The summed E-state index contributed by atoms with van der Waals surface area (Å²) in [6, 6.07) is 13.8. The highest BCUT2D eigenvalue weighted by Crippen LogP contribution is 2.40. The monoisotopic (exact) mass is 493 g/mol. The highest BCUT2D eigenvalue weighted by atomic mass is 79.9. The second-order valence-electron chi connectivity index (χ2n) is 7.47. The number of ether oxygens (including phenoxy) is 1. The summed E-state index contributed by atoms with van der Waals surface area (Å²) >= 11 is 3.48. The Morgan fingerprint density at radius 3 is 2.66 bits per heavy atom. The van der Waals surface area contributed by atoms with Crippen LogP contribution in [0.15, 0.2) is 74.4 Å². The van der Waals surface area contributed by atoms with E-state index in [1.165, 1.54) is 0 Å². The Labute approximate surface area is 195 Å². The average molecular weight is 494 g/mol. The molecular formula is C26H24BrNO4. The van der Waals surface area contributed by atoms with Crippen molar-refractivity contribution in [2.75, 3.05) is 6.61 Å². The van der Waals surface area contributed by atoms with Gasteiger partial charge in [0.25, 0.3) is 0 Å². The predicted molar refractivity (Wildman–Crippen MR) is 129 cm³/mol. The number of carbonyl (C=O) groups is 1. The summed E-state index contributed by atoms with van der Waals surface area (Å²) in [7, 11) is 0. The average Bonchev–Trinajstić information content (AvgIpc) is 3.45. The summed E-state index contributed by atoms with van der Waals surface area (Å²) in [6.45, 7) is 6.68. The van der Waals surface area contributed by atoms with Gasteiger partial charge in [-0.2, -0.15) is 0 Å². The lowest BCUT2D eigenvalue weighted by Crippen LogP contribution is -2.20. The van der Waals surface area contributed by atoms with Crippen LogP contribution in [-0.2, 0) is 11.3 Å². The van der Waals surface area contributed by atoms with Crippen LogP contribution in [0.1, 0.15) is 30.7 Å². The van der Waals surface area contributed by atoms with Crippen LogP contribution in [0.3, 0.4) is 0 Å². The molecule has 0 saturated heterocycles. The molecule has 0 bridgehead atoms. The van der Waals surface area contributed by atoms with Crippen LogP contribution in [0.2, 0.25) is 0 Å². The number of hydrogen-bond acceptors (Lipinski definition) is 4. The predicted octanol–water partition coefficient (Wildman–Crippen LogP) is 6.88. The smallest absolute Gasteiger partial charge is 0.244 e. The van der Waals surface area contributed by atoms with Crippen molar-refractivity contribution in [3.63, 3.8) is 0 Å². The number of amides is 1. The van der Waals surface area contributed by atoms with Crippen LogP contribution < -0.4 is 10.1 Å². The van der Waals surface area contributed by atoms with Crippen molar-refractivity contribution in [3.8, 4) is 16.9 Å². The molecule has 0 unspecified atom stereocenters. The first-order valence-electron chi connectivity index (χ1n) is 10.4. The van der Waals surface area contributed by atoms with E-state index in [0.29, 0.717) is 18.9 Å². The SMILES string of the molecule is CCOc1c(/C(C)=C/C(=O)NCc2ccco2)cc2c(-c3ccc(Br)cc3)coc2c1C. The van der Waals surface area contributed by atoms with Gasteiger partial charge in [-0.15, -0.1) is 0 Å². The molecule has 4 aromatic rings. The maximum Gasteiger partial charge on any atom is 0.244 e. The molecule has 0 spiro atoms. The van der Waals surface area contributed by atoms with Gasteiger partial charge in [0.2, 0.25) is 5.91 Å². The van der Waals surface area contributed by atoms with Gasteiger partial charge in [0, 0.05) is 32.6 Å². The Bertz CT molecular complexity index is 1270. The van der Waals surface area contributed by atoms with Gasteiger partial charge in [0.05, 0.1) is 25.7 Å². The van der Waals surface area contributed by atoms with Gasteiger partial charge in [-0.05, 0) is 62.2 Å². The second-order valence-corrected chi connectivity index (χ2v) is 8.38. The molecule has 1 amide bonds. The number of halogens is 1. The highest BCUT2D eigenvalue weighted by Gasteiger charge is 2.19. The van der Waals surface area contributed by atoms with Gasteiger partial charge in [-0.25, -0.2) is 0 Å². The van der Waals surface area contributed by atoms with Gasteiger partial charge >= 0.3 is 0 Å². The molecule has 32 heavy (non-hydrogen) atoms. The fraction of sp³-hybridized carbons (Fsp3) is 0.192. The zero-order chi connectivity index (χ0) is 22.7. The molecule has 0 aliphatic rings.